The Hall–Kier alpha value is -1.41. The molecule has 0 amide bonds. The predicted octanol–water partition coefficient (Wildman–Crippen LogP) is 2.18. The van der Waals surface area contributed by atoms with E-state index in [0.29, 0.717) is 6.61 Å². The Morgan fingerprint density at radius 2 is 2.11 bits per heavy atom. The van der Waals surface area contributed by atoms with Crippen molar-refractivity contribution >= 4 is 0 Å². The Morgan fingerprint density at radius 1 is 1.39 bits per heavy atom. The van der Waals surface area contributed by atoms with Gasteiger partial charge in [-0.05, 0) is 31.0 Å². The fraction of sp³-hybridized carbons (Fsp3) is 0.500. The number of nitrogens with zero attached hydrogens (tertiary/aromatic N) is 1. The lowest BCUT2D eigenvalue weighted by atomic mass is 10.1. The summed E-state index contributed by atoms with van der Waals surface area (Å²) >= 11 is 0. The maximum absolute atomic E-state index is 9.40. The van der Waals surface area contributed by atoms with Gasteiger partial charge in [0.1, 0.15) is 0 Å². The number of aliphatic hydroxyl groups excluding tert-OH is 1. The van der Waals surface area contributed by atoms with Crippen LogP contribution in [0.3, 0.4) is 0 Å². The van der Waals surface area contributed by atoms with Gasteiger partial charge >= 0.3 is 0 Å². The van der Waals surface area contributed by atoms with Crippen molar-refractivity contribution < 1.29 is 14.6 Å². The van der Waals surface area contributed by atoms with Gasteiger partial charge in [0, 0.05) is 7.11 Å². The van der Waals surface area contributed by atoms with Crippen LogP contribution in [0.15, 0.2) is 24.3 Å². The molecule has 0 aromatic heterocycles. The van der Waals surface area contributed by atoms with Gasteiger partial charge in [0.05, 0.1) is 24.9 Å². The van der Waals surface area contributed by atoms with Crippen molar-refractivity contribution in [1.29, 1.82) is 5.26 Å². The number of aliphatic hydroxyl groups is 1. The standard InChI is InChI=1S/C14H19NO3/c1-10(16)11(2)18-14(8-15)13-6-4-5-12(7-13)9-17-3/h4-7,10-11,14,16H,9H2,1-3H3. The van der Waals surface area contributed by atoms with Crippen molar-refractivity contribution in [2.45, 2.75) is 38.8 Å². The second-order valence-corrected chi connectivity index (χ2v) is 4.27. The van der Waals surface area contributed by atoms with E-state index in [1.165, 1.54) is 0 Å². The number of benzene rings is 1. The normalized spacial score (nSPS) is 15.7. The van der Waals surface area contributed by atoms with E-state index in [9.17, 15) is 5.11 Å². The largest absolute Gasteiger partial charge is 0.391 e. The SMILES string of the molecule is COCc1cccc(C(C#N)OC(C)C(C)O)c1. The summed E-state index contributed by atoms with van der Waals surface area (Å²) in [5.41, 5.74) is 1.77. The zero-order valence-electron chi connectivity index (χ0n) is 11.0. The van der Waals surface area contributed by atoms with Crippen LogP contribution in [0.4, 0.5) is 0 Å². The van der Waals surface area contributed by atoms with Gasteiger partial charge in [-0.2, -0.15) is 5.26 Å². The van der Waals surface area contributed by atoms with Gasteiger partial charge in [0.25, 0.3) is 0 Å². The molecular weight excluding hydrogens is 230 g/mol. The van der Waals surface area contributed by atoms with E-state index in [1.807, 2.05) is 24.3 Å². The monoisotopic (exact) mass is 249 g/mol. The number of ether oxygens (including phenoxy) is 2. The highest BCUT2D eigenvalue weighted by molar-refractivity contribution is 5.27. The molecule has 1 rings (SSSR count). The van der Waals surface area contributed by atoms with E-state index in [2.05, 4.69) is 6.07 Å². The first-order valence-corrected chi connectivity index (χ1v) is 5.89. The fourth-order valence-corrected chi connectivity index (χ4v) is 1.52. The van der Waals surface area contributed by atoms with Crippen molar-refractivity contribution in [3.63, 3.8) is 0 Å². The summed E-state index contributed by atoms with van der Waals surface area (Å²) < 4.78 is 10.6. The first-order valence-electron chi connectivity index (χ1n) is 5.89. The Bertz CT molecular complexity index is 412. The lowest BCUT2D eigenvalue weighted by Crippen LogP contribution is -2.24. The Kier molecular flexibility index (Phi) is 5.79. The van der Waals surface area contributed by atoms with E-state index in [0.717, 1.165) is 11.1 Å². The molecule has 18 heavy (non-hydrogen) atoms. The summed E-state index contributed by atoms with van der Waals surface area (Å²) in [6, 6.07) is 9.61. The number of methoxy groups -OCH3 is 1. The molecule has 3 unspecified atom stereocenters. The molecule has 0 heterocycles. The zero-order chi connectivity index (χ0) is 13.5. The molecule has 0 aliphatic carbocycles. The first-order chi connectivity index (χ1) is 8.58. The molecule has 1 N–H and O–H groups in total. The third-order valence-corrected chi connectivity index (χ3v) is 2.71. The van der Waals surface area contributed by atoms with E-state index >= 15 is 0 Å². The highest BCUT2D eigenvalue weighted by Gasteiger charge is 2.18. The lowest BCUT2D eigenvalue weighted by molar-refractivity contribution is -0.0426. The molecule has 1 aromatic rings. The molecule has 0 saturated heterocycles. The summed E-state index contributed by atoms with van der Waals surface area (Å²) in [6.07, 6.45) is -1.67. The molecule has 0 radical (unpaired) electrons. The minimum atomic E-state index is -0.675. The van der Waals surface area contributed by atoms with Crippen LogP contribution in [-0.2, 0) is 16.1 Å². The molecular formula is C14H19NO3. The van der Waals surface area contributed by atoms with Crippen LogP contribution in [0.5, 0.6) is 0 Å². The Morgan fingerprint density at radius 3 is 2.67 bits per heavy atom. The maximum Gasteiger partial charge on any atom is 0.169 e. The van der Waals surface area contributed by atoms with Crippen LogP contribution in [-0.4, -0.2) is 24.4 Å². The molecule has 0 aliphatic heterocycles. The number of nitriles is 1. The average molecular weight is 249 g/mol. The fourth-order valence-electron chi connectivity index (χ4n) is 1.52. The molecule has 3 atom stereocenters. The van der Waals surface area contributed by atoms with Gasteiger partial charge < -0.3 is 14.6 Å². The van der Waals surface area contributed by atoms with Crippen LogP contribution in [0.2, 0.25) is 0 Å². The number of rotatable bonds is 6. The smallest absolute Gasteiger partial charge is 0.169 e. The van der Waals surface area contributed by atoms with E-state index in [-0.39, 0.29) is 6.10 Å². The molecule has 0 spiro atoms. The second-order valence-electron chi connectivity index (χ2n) is 4.27. The number of hydrogen-bond acceptors (Lipinski definition) is 4. The second kappa shape index (κ2) is 7.12. The van der Waals surface area contributed by atoms with Crippen molar-refractivity contribution in [3.05, 3.63) is 35.4 Å². The summed E-state index contributed by atoms with van der Waals surface area (Å²) in [4.78, 5) is 0. The maximum atomic E-state index is 9.40. The van der Waals surface area contributed by atoms with Gasteiger partial charge in [-0.1, -0.05) is 18.2 Å². The van der Waals surface area contributed by atoms with Crippen LogP contribution in [0.25, 0.3) is 0 Å². The van der Waals surface area contributed by atoms with E-state index in [4.69, 9.17) is 14.7 Å². The van der Waals surface area contributed by atoms with Crippen molar-refractivity contribution in [2.24, 2.45) is 0 Å². The summed E-state index contributed by atoms with van der Waals surface area (Å²) in [5.74, 6) is 0. The third kappa shape index (κ3) is 4.11. The topological polar surface area (TPSA) is 62.5 Å². The molecule has 98 valence electrons. The van der Waals surface area contributed by atoms with E-state index < -0.39 is 12.2 Å². The van der Waals surface area contributed by atoms with Crippen molar-refractivity contribution in [1.82, 2.24) is 0 Å². The van der Waals surface area contributed by atoms with Gasteiger partial charge in [-0.15, -0.1) is 0 Å². The van der Waals surface area contributed by atoms with Crippen molar-refractivity contribution in [3.8, 4) is 6.07 Å². The molecule has 4 heteroatoms. The van der Waals surface area contributed by atoms with Crippen LogP contribution in [0, 0.1) is 11.3 Å². The lowest BCUT2D eigenvalue weighted by Gasteiger charge is -2.20. The molecule has 0 aliphatic rings. The quantitative estimate of drug-likeness (QED) is 0.839. The summed E-state index contributed by atoms with van der Waals surface area (Å²) in [5, 5.41) is 18.5. The van der Waals surface area contributed by atoms with Crippen LogP contribution in [0.1, 0.15) is 31.1 Å². The van der Waals surface area contributed by atoms with E-state index in [1.54, 1.807) is 21.0 Å². The predicted molar refractivity (Wildman–Crippen MR) is 67.7 cm³/mol. The van der Waals surface area contributed by atoms with Gasteiger partial charge in [0.15, 0.2) is 6.10 Å². The third-order valence-electron chi connectivity index (χ3n) is 2.71. The van der Waals surface area contributed by atoms with Crippen LogP contribution < -0.4 is 0 Å². The molecule has 0 fully saturated rings. The van der Waals surface area contributed by atoms with Gasteiger partial charge in [-0.3, -0.25) is 0 Å². The zero-order valence-corrected chi connectivity index (χ0v) is 11.0. The summed E-state index contributed by atoms with van der Waals surface area (Å²) in [7, 11) is 1.63. The highest BCUT2D eigenvalue weighted by Crippen LogP contribution is 2.21. The Balaban J connectivity index is 2.82. The molecule has 0 saturated carbocycles. The highest BCUT2D eigenvalue weighted by atomic mass is 16.5. The number of hydrogen-bond donors (Lipinski definition) is 1. The average Bonchev–Trinajstić information content (AvgIpc) is 2.36. The molecule has 1 aromatic carbocycles. The van der Waals surface area contributed by atoms with Gasteiger partial charge in [-0.25, -0.2) is 0 Å². The minimum absolute atomic E-state index is 0.388. The Labute approximate surface area is 108 Å². The molecule has 0 bridgehead atoms. The minimum Gasteiger partial charge on any atom is -0.391 e. The van der Waals surface area contributed by atoms with Gasteiger partial charge in [0.2, 0.25) is 0 Å². The molecule has 4 nitrogen and oxygen atoms in total. The first kappa shape index (κ1) is 14.7. The van der Waals surface area contributed by atoms with Crippen LogP contribution >= 0.6 is 0 Å². The summed E-state index contributed by atoms with van der Waals surface area (Å²) in [6.45, 7) is 3.88. The van der Waals surface area contributed by atoms with Crippen molar-refractivity contribution in [2.75, 3.05) is 7.11 Å².